The van der Waals surface area contributed by atoms with Gasteiger partial charge in [-0.1, -0.05) is 30.8 Å². The van der Waals surface area contributed by atoms with Crippen molar-refractivity contribution in [3.05, 3.63) is 53.9 Å². The van der Waals surface area contributed by atoms with Crippen molar-refractivity contribution in [2.45, 2.75) is 38.9 Å². The lowest BCUT2D eigenvalue weighted by Crippen LogP contribution is -2.15. The van der Waals surface area contributed by atoms with Gasteiger partial charge in [-0.2, -0.15) is 0 Å². The summed E-state index contributed by atoms with van der Waals surface area (Å²) in [6.45, 7) is 6.88. The van der Waals surface area contributed by atoms with Gasteiger partial charge in [-0.15, -0.1) is 10.2 Å². The summed E-state index contributed by atoms with van der Waals surface area (Å²) in [6.07, 6.45) is 4.47. The number of rotatable bonds is 7. The van der Waals surface area contributed by atoms with Crippen molar-refractivity contribution in [2.75, 3.05) is 11.1 Å². The number of thioether (sulfide) groups is 1. The predicted molar refractivity (Wildman–Crippen MR) is 109 cm³/mol. The van der Waals surface area contributed by atoms with E-state index >= 15 is 0 Å². The Bertz CT molecular complexity index is 923. The van der Waals surface area contributed by atoms with Gasteiger partial charge in [-0.05, 0) is 49.6 Å². The number of aryl methyl sites for hydroxylation is 2. The van der Waals surface area contributed by atoms with Crippen molar-refractivity contribution in [1.29, 1.82) is 0 Å². The first-order chi connectivity index (χ1) is 13.1. The highest BCUT2D eigenvalue weighted by atomic mass is 32.2. The van der Waals surface area contributed by atoms with Gasteiger partial charge < -0.3 is 9.88 Å². The molecule has 0 fully saturated rings. The van der Waals surface area contributed by atoms with Gasteiger partial charge in [0.05, 0.1) is 5.75 Å². The molecule has 3 rings (SSSR count). The van der Waals surface area contributed by atoms with Crippen LogP contribution in [0.1, 0.15) is 25.0 Å². The number of pyridine rings is 1. The average Bonchev–Trinajstić information content (AvgIpc) is 3.11. The molecule has 0 aliphatic heterocycles. The molecule has 140 valence electrons. The van der Waals surface area contributed by atoms with Gasteiger partial charge in [0.25, 0.3) is 0 Å². The number of aromatic nitrogens is 4. The van der Waals surface area contributed by atoms with Crippen molar-refractivity contribution < 1.29 is 4.79 Å². The Morgan fingerprint density at radius 1 is 1.22 bits per heavy atom. The van der Waals surface area contributed by atoms with E-state index in [0.29, 0.717) is 0 Å². The summed E-state index contributed by atoms with van der Waals surface area (Å²) in [6, 6.07) is 9.94. The fourth-order valence-electron chi connectivity index (χ4n) is 2.79. The molecule has 6 nitrogen and oxygen atoms in total. The van der Waals surface area contributed by atoms with Crippen LogP contribution in [0.2, 0.25) is 0 Å². The van der Waals surface area contributed by atoms with Crippen molar-refractivity contribution in [3.8, 4) is 11.4 Å². The Labute approximate surface area is 163 Å². The van der Waals surface area contributed by atoms with Crippen molar-refractivity contribution in [3.63, 3.8) is 0 Å². The Morgan fingerprint density at radius 2 is 2.07 bits per heavy atom. The summed E-state index contributed by atoms with van der Waals surface area (Å²) >= 11 is 1.38. The molecule has 0 saturated carbocycles. The number of hydrogen-bond donors (Lipinski definition) is 1. The maximum absolute atomic E-state index is 12.4. The van der Waals surface area contributed by atoms with Gasteiger partial charge in [0, 0.05) is 30.2 Å². The molecule has 7 heteroatoms. The number of anilines is 1. The van der Waals surface area contributed by atoms with E-state index in [1.807, 2.05) is 42.7 Å². The maximum atomic E-state index is 12.4. The minimum Gasteiger partial charge on any atom is -0.325 e. The quantitative estimate of drug-likeness (QED) is 0.627. The lowest BCUT2D eigenvalue weighted by atomic mass is 10.1. The smallest absolute Gasteiger partial charge is 0.234 e. The summed E-state index contributed by atoms with van der Waals surface area (Å²) in [5.41, 5.74) is 4.10. The van der Waals surface area contributed by atoms with E-state index in [0.717, 1.165) is 40.8 Å². The van der Waals surface area contributed by atoms with Crippen LogP contribution in [-0.2, 0) is 17.8 Å². The molecule has 1 amide bonds. The average molecular weight is 382 g/mol. The van der Waals surface area contributed by atoms with E-state index in [9.17, 15) is 4.79 Å². The molecule has 2 aromatic heterocycles. The van der Waals surface area contributed by atoms with Crippen molar-refractivity contribution >= 4 is 23.4 Å². The second-order valence-electron chi connectivity index (χ2n) is 6.13. The number of hydrogen-bond acceptors (Lipinski definition) is 5. The summed E-state index contributed by atoms with van der Waals surface area (Å²) in [7, 11) is 0. The first-order valence-electron chi connectivity index (χ1n) is 8.98. The van der Waals surface area contributed by atoms with Gasteiger partial charge in [0.1, 0.15) is 0 Å². The highest BCUT2D eigenvalue weighted by molar-refractivity contribution is 7.99. The molecule has 0 aliphatic carbocycles. The normalized spacial score (nSPS) is 10.8. The molecule has 3 aromatic rings. The molecule has 0 spiro atoms. The van der Waals surface area contributed by atoms with Crippen LogP contribution in [0.25, 0.3) is 11.4 Å². The van der Waals surface area contributed by atoms with Crippen LogP contribution >= 0.6 is 11.8 Å². The zero-order chi connectivity index (χ0) is 19.2. The summed E-state index contributed by atoms with van der Waals surface area (Å²) in [4.78, 5) is 16.5. The SMILES string of the molecule is CCc1ccc(NC(=O)CSc2nnc(-c3cccnc3)n2CC)c(C)c1. The summed E-state index contributed by atoms with van der Waals surface area (Å²) < 4.78 is 2.00. The number of benzene rings is 1. The molecule has 1 aromatic carbocycles. The highest BCUT2D eigenvalue weighted by Crippen LogP contribution is 2.24. The number of amides is 1. The third-order valence-corrected chi connectivity index (χ3v) is 5.23. The van der Waals surface area contributed by atoms with Crippen LogP contribution in [0.3, 0.4) is 0 Å². The minimum absolute atomic E-state index is 0.0547. The van der Waals surface area contributed by atoms with Crippen LogP contribution in [0.5, 0.6) is 0 Å². The molecule has 27 heavy (non-hydrogen) atoms. The molecule has 0 saturated heterocycles. The Morgan fingerprint density at radius 3 is 2.74 bits per heavy atom. The van der Waals surface area contributed by atoms with Gasteiger partial charge in [-0.3, -0.25) is 9.78 Å². The van der Waals surface area contributed by atoms with Gasteiger partial charge in [0.2, 0.25) is 5.91 Å². The maximum Gasteiger partial charge on any atom is 0.234 e. The van der Waals surface area contributed by atoms with Crippen LogP contribution in [0.15, 0.2) is 47.9 Å². The van der Waals surface area contributed by atoms with Crippen molar-refractivity contribution in [1.82, 2.24) is 19.7 Å². The van der Waals surface area contributed by atoms with Crippen LogP contribution in [-0.4, -0.2) is 31.4 Å². The van der Waals surface area contributed by atoms with E-state index in [4.69, 9.17) is 0 Å². The minimum atomic E-state index is -0.0547. The fourth-order valence-corrected chi connectivity index (χ4v) is 3.59. The highest BCUT2D eigenvalue weighted by Gasteiger charge is 2.15. The topological polar surface area (TPSA) is 72.7 Å². The number of carbonyl (C=O) groups excluding carboxylic acids is 1. The lowest BCUT2D eigenvalue weighted by molar-refractivity contribution is -0.113. The van der Waals surface area contributed by atoms with Crippen LogP contribution < -0.4 is 5.32 Å². The Balaban J connectivity index is 1.66. The van der Waals surface area contributed by atoms with Gasteiger partial charge in [-0.25, -0.2) is 0 Å². The number of carbonyl (C=O) groups is 1. The van der Waals surface area contributed by atoms with Gasteiger partial charge >= 0.3 is 0 Å². The zero-order valence-corrected chi connectivity index (χ0v) is 16.6. The van der Waals surface area contributed by atoms with E-state index in [1.54, 1.807) is 12.4 Å². The van der Waals surface area contributed by atoms with Crippen LogP contribution in [0, 0.1) is 6.92 Å². The Kier molecular flexibility index (Phi) is 6.24. The van der Waals surface area contributed by atoms with Crippen molar-refractivity contribution in [2.24, 2.45) is 0 Å². The largest absolute Gasteiger partial charge is 0.325 e. The molecular weight excluding hydrogens is 358 g/mol. The fraction of sp³-hybridized carbons (Fsp3) is 0.300. The lowest BCUT2D eigenvalue weighted by Gasteiger charge is -2.10. The first-order valence-corrected chi connectivity index (χ1v) is 9.96. The molecule has 1 N–H and O–H groups in total. The molecular formula is C20H23N5OS. The standard InChI is InChI=1S/C20H23N5OS/c1-4-15-8-9-17(14(3)11-15)22-18(26)13-27-20-24-23-19(25(20)5-2)16-7-6-10-21-12-16/h6-12H,4-5,13H2,1-3H3,(H,22,26). The Hall–Kier alpha value is -2.67. The third-order valence-electron chi connectivity index (χ3n) is 4.26. The van der Waals surface area contributed by atoms with Crippen LogP contribution in [0.4, 0.5) is 5.69 Å². The van der Waals surface area contributed by atoms with E-state index in [2.05, 4.69) is 33.5 Å². The molecule has 0 aliphatic rings. The predicted octanol–water partition coefficient (Wildman–Crippen LogP) is 3.96. The van der Waals surface area contributed by atoms with E-state index < -0.39 is 0 Å². The second-order valence-corrected chi connectivity index (χ2v) is 7.07. The first kappa shape index (κ1) is 19.1. The third kappa shape index (κ3) is 4.54. The molecule has 0 bridgehead atoms. The summed E-state index contributed by atoms with van der Waals surface area (Å²) in [5, 5.41) is 12.2. The zero-order valence-electron chi connectivity index (χ0n) is 15.8. The molecule has 0 atom stereocenters. The molecule has 0 unspecified atom stereocenters. The van der Waals surface area contributed by atoms with E-state index in [-0.39, 0.29) is 11.7 Å². The summed E-state index contributed by atoms with van der Waals surface area (Å²) in [5.74, 6) is 0.987. The molecule has 2 heterocycles. The number of nitrogens with one attached hydrogen (secondary N) is 1. The van der Waals surface area contributed by atoms with E-state index in [1.165, 1.54) is 17.3 Å². The van der Waals surface area contributed by atoms with Gasteiger partial charge in [0.15, 0.2) is 11.0 Å². The second kappa shape index (κ2) is 8.81. The molecule has 0 radical (unpaired) electrons. The monoisotopic (exact) mass is 381 g/mol. The number of nitrogens with zero attached hydrogens (tertiary/aromatic N) is 4.